The van der Waals surface area contributed by atoms with Gasteiger partial charge in [0.15, 0.2) is 0 Å². The molecule has 3 N–H and O–H groups in total. The SMILES string of the molecule is COC(=O)Nc1cc(Nc2cc3c(cn2)n(C)c(=O)n3[C@@H]2CC[C@@H](NC(=O)OC)C2)cc(C2CCCOC2)c1. The number of nitrogens with one attached hydrogen (secondary N) is 3. The second-order valence-corrected chi connectivity index (χ2v) is 10.1. The summed E-state index contributed by atoms with van der Waals surface area (Å²) in [7, 11) is 4.39. The van der Waals surface area contributed by atoms with E-state index in [9.17, 15) is 14.4 Å². The Morgan fingerprint density at radius 3 is 2.56 bits per heavy atom. The zero-order valence-electron chi connectivity index (χ0n) is 22.4. The number of hydrogen-bond donors (Lipinski definition) is 3. The van der Waals surface area contributed by atoms with Crippen molar-refractivity contribution < 1.29 is 23.8 Å². The number of anilines is 3. The first-order chi connectivity index (χ1) is 18.9. The van der Waals surface area contributed by atoms with Gasteiger partial charge in [0.25, 0.3) is 0 Å². The van der Waals surface area contributed by atoms with Gasteiger partial charge in [-0.05, 0) is 55.9 Å². The largest absolute Gasteiger partial charge is 0.453 e. The van der Waals surface area contributed by atoms with Gasteiger partial charge in [0.1, 0.15) is 5.82 Å². The highest BCUT2D eigenvalue weighted by molar-refractivity contribution is 5.86. The van der Waals surface area contributed by atoms with Crippen LogP contribution in [0.5, 0.6) is 0 Å². The van der Waals surface area contributed by atoms with E-state index in [0.717, 1.165) is 54.6 Å². The van der Waals surface area contributed by atoms with E-state index < -0.39 is 12.2 Å². The molecule has 2 amide bonds. The van der Waals surface area contributed by atoms with E-state index in [1.807, 2.05) is 24.3 Å². The van der Waals surface area contributed by atoms with E-state index in [1.165, 1.54) is 14.2 Å². The minimum absolute atomic E-state index is 0.0590. The van der Waals surface area contributed by atoms with Crippen molar-refractivity contribution in [1.29, 1.82) is 0 Å². The second-order valence-electron chi connectivity index (χ2n) is 10.1. The van der Waals surface area contributed by atoms with Crippen molar-refractivity contribution in [2.24, 2.45) is 7.05 Å². The third-order valence-corrected chi connectivity index (χ3v) is 7.54. The highest BCUT2D eigenvalue weighted by atomic mass is 16.5. The fourth-order valence-corrected chi connectivity index (χ4v) is 5.58. The number of alkyl carbamates (subject to hydrolysis) is 1. The van der Waals surface area contributed by atoms with Gasteiger partial charge in [-0.15, -0.1) is 0 Å². The molecule has 1 aliphatic heterocycles. The predicted molar refractivity (Wildman–Crippen MR) is 146 cm³/mol. The van der Waals surface area contributed by atoms with Gasteiger partial charge in [-0.1, -0.05) is 0 Å². The third kappa shape index (κ3) is 5.70. The Labute approximate surface area is 225 Å². The van der Waals surface area contributed by atoms with E-state index in [0.29, 0.717) is 24.5 Å². The van der Waals surface area contributed by atoms with Gasteiger partial charge in [-0.2, -0.15) is 0 Å². The van der Waals surface area contributed by atoms with Crippen molar-refractivity contribution in [1.82, 2.24) is 19.4 Å². The summed E-state index contributed by atoms with van der Waals surface area (Å²) in [6.07, 6.45) is 4.78. The molecule has 3 heterocycles. The van der Waals surface area contributed by atoms with E-state index in [1.54, 1.807) is 22.4 Å². The van der Waals surface area contributed by atoms with Crippen LogP contribution in [0.15, 0.2) is 35.3 Å². The molecule has 0 spiro atoms. The number of ether oxygens (including phenoxy) is 3. The van der Waals surface area contributed by atoms with Gasteiger partial charge in [0.05, 0.1) is 38.1 Å². The molecular formula is C27H34N6O6. The van der Waals surface area contributed by atoms with E-state index in [4.69, 9.17) is 14.2 Å². The number of benzene rings is 1. The molecule has 1 saturated heterocycles. The van der Waals surface area contributed by atoms with E-state index in [2.05, 4.69) is 20.9 Å². The molecule has 208 valence electrons. The zero-order chi connectivity index (χ0) is 27.5. The normalized spacial score (nSPS) is 20.9. The number of pyridine rings is 1. The number of imidazole rings is 1. The number of aryl methyl sites for hydroxylation is 1. The third-order valence-electron chi connectivity index (χ3n) is 7.54. The minimum atomic E-state index is -0.553. The number of nitrogens with zero attached hydrogens (tertiary/aromatic N) is 3. The summed E-state index contributed by atoms with van der Waals surface area (Å²) in [6.45, 7) is 1.37. The number of methoxy groups -OCH3 is 2. The lowest BCUT2D eigenvalue weighted by molar-refractivity contribution is 0.0805. The first-order valence-corrected chi connectivity index (χ1v) is 13.1. The van der Waals surface area contributed by atoms with Gasteiger partial charge in [0.2, 0.25) is 0 Å². The van der Waals surface area contributed by atoms with Crippen LogP contribution in [0.25, 0.3) is 11.0 Å². The number of rotatable bonds is 6. The highest BCUT2D eigenvalue weighted by Gasteiger charge is 2.30. The van der Waals surface area contributed by atoms with Crippen molar-refractivity contribution in [3.8, 4) is 0 Å². The van der Waals surface area contributed by atoms with Crippen LogP contribution in [0.3, 0.4) is 0 Å². The van der Waals surface area contributed by atoms with Crippen LogP contribution in [-0.4, -0.2) is 59.8 Å². The number of aromatic nitrogens is 3. The van der Waals surface area contributed by atoms with Crippen molar-refractivity contribution in [2.45, 2.75) is 50.1 Å². The quantitative estimate of drug-likeness (QED) is 0.428. The first-order valence-electron chi connectivity index (χ1n) is 13.1. The summed E-state index contributed by atoms with van der Waals surface area (Å²) in [5.74, 6) is 0.771. The Morgan fingerprint density at radius 2 is 1.82 bits per heavy atom. The number of carbonyl (C=O) groups excluding carboxylic acids is 2. The zero-order valence-corrected chi connectivity index (χ0v) is 22.4. The lowest BCUT2D eigenvalue weighted by Gasteiger charge is -2.23. The topological polar surface area (TPSA) is 138 Å². The van der Waals surface area contributed by atoms with Crippen LogP contribution in [0.4, 0.5) is 26.8 Å². The first kappa shape index (κ1) is 26.5. The standard InChI is InChI=1S/C27H34N6O6/c1-32-23-14-28-24(13-22(23)33(27(32)36)21-7-6-18(12-21)30-25(34)37-2)29-19-9-17(16-5-4-8-39-15-16)10-20(11-19)31-26(35)38-3/h9-11,13-14,16,18,21H,4-8,12,15H2,1-3H3,(H,28,29)(H,30,34)(H,31,35)/t16?,18-,21-/m1/s1. The van der Waals surface area contributed by atoms with Crippen LogP contribution in [0, 0.1) is 0 Å². The Bertz CT molecular complexity index is 1430. The summed E-state index contributed by atoms with van der Waals surface area (Å²) in [4.78, 5) is 41.4. The molecule has 3 atom stereocenters. The monoisotopic (exact) mass is 538 g/mol. The molecule has 1 aromatic carbocycles. The van der Waals surface area contributed by atoms with Crippen LogP contribution < -0.4 is 21.6 Å². The van der Waals surface area contributed by atoms with Crippen LogP contribution >= 0.6 is 0 Å². The molecule has 39 heavy (non-hydrogen) atoms. The molecule has 3 aromatic rings. The van der Waals surface area contributed by atoms with Gasteiger partial charge in [0, 0.05) is 49.1 Å². The fourth-order valence-electron chi connectivity index (χ4n) is 5.58. The average Bonchev–Trinajstić information content (AvgIpc) is 3.49. The smallest absolute Gasteiger partial charge is 0.411 e. The van der Waals surface area contributed by atoms with Crippen LogP contribution in [-0.2, 0) is 21.3 Å². The Hall–Kier alpha value is -4.06. The van der Waals surface area contributed by atoms with Gasteiger partial charge in [-0.25, -0.2) is 19.4 Å². The maximum absolute atomic E-state index is 13.2. The van der Waals surface area contributed by atoms with Crippen molar-refractivity contribution in [3.63, 3.8) is 0 Å². The van der Waals surface area contributed by atoms with Crippen molar-refractivity contribution in [3.05, 3.63) is 46.5 Å². The molecule has 12 heteroatoms. The molecule has 1 aliphatic carbocycles. The average molecular weight is 539 g/mol. The molecule has 1 saturated carbocycles. The molecule has 2 aromatic heterocycles. The minimum Gasteiger partial charge on any atom is -0.453 e. The van der Waals surface area contributed by atoms with Crippen LogP contribution in [0.2, 0.25) is 0 Å². The second kappa shape index (κ2) is 11.4. The number of hydrogen-bond acceptors (Lipinski definition) is 8. The summed E-state index contributed by atoms with van der Waals surface area (Å²) < 4.78 is 18.6. The van der Waals surface area contributed by atoms with E-state index >= 15 is 0 Å². The molecular weight excluding hydrogens is 504 g/mol. The number of amides is 2. The van der Waals surface area contributed by atoms with Gasteiger partial charge in [-0.3, -0.25) is 14.5 Å². The predicted octanol–water partition coefficient (Wildman–Crippen LogP) is 4.00. The van der Waals surface area contributed by atoms with Gasteiger partial charge < -0.3 is 24.8 Å². The van der Waals surface area contributed by atoms with Crippen LogP contribution in [0.1, 0.15) is 49.6 Å². The fraction of sp³-hybridized carbons (Fsp3) is 0.481. The lowest BCUT2D eigenvalue weighted by Crippen LogP contribution is -2.33. The Morgan fingerprint density at radius 1 is 1.03 bits per heavy atom. The number of fused-ring (bicyclic) bond motifs is 1. The lowest BCUT2D eigenvalue weighted by atomic mass is 9.93. The molecule has 0 bridgehead atoms. The van der Waals surface area contributed by atoms with Crippen molar-refractivity contribution in [2.75, 3.05) is 38.1 Å². The maximum atomic E-state index is 13.2. The Balaban J connectivity index is 1.45. The molecule has 12 nitrogen and oxygen atoms in total. The molecule has 2 aliphatic rings. The van der Waals surface area contributed by atoms with Gasteiger partial charge >= 0.3 is 17.9 Å². The summed E-state index contributed by atoms with van der Waals surface area (Å²) in [6, 6.07) is 7.52. The summed E-state index contributed by atoms with van der Waals surface area (Å²) in [5, 5.41) is 8.96. The number of carbonyl (C=O) groups is 2. The molecule has 2 fully saturated rings. The Kier molecular flexibility index (Phi) is 7.73. The summed E-state index contributed by atoms with van der Waals surface area (Å²) >= 11 is 0. The summed E-state index contributed by atoms with van der Waals surface area (Å²) in [5.41, 5.74) is 3.73. The molecule has 5 rings (SSSR count). The van der Waals surface area contributed by atoms with E-state index in [-0.39, 0.29) is 23.7 Å². The van der Waals surface area contributed by atoms with Crippen molar-refractivity contribution >= 4 is 40.4 Å². The molecule has 0 radical (unpaired) electrons. The molecule has 1 unspecified atom stereocenters. The highest BCUT2D eigenvalue weighted by Crippen LogP contribution is 2.34. The maximum Gasteiger partial charge on any atom is 0.411 e.